The lowest BCUT2D eigenvalue weighted by Gasteiger charge is -2.16. The molecule has 0 aliphatic carbocycles. The third-order valence-electron chi connectivity index (χ3n) is 4.90. The number of ether oxygens (including phenoxy) is 3. The number of fused-ring (bicyclic) bond motifs is 1. The van der Waals surface area contributed by atoms with Crippen LogP contribution in [0.15, 0.2) is 69.9 Å². The summed E-state index contributed by atoms with van der Waals surface area (Å²) in [5, 5.41) is 0.0727. The molecule has 0 aliphatic heterocycles. The minimum absolute atomic E-state index is 0.00581. The first kappa shape index (κ1) is 21.1. The van der Waals surface area contributed by atoms with Crippen molar-refractivity contribution in [2.45, 2.75) is 6.92 Å². The maximum absolute atomic E-state index is 13.8. The monoisotopic (exact) mass is 434 g/mol. The number of halogens is 1. The number of benzene rings is 3. The molecule has 0 amide bonds. The van der Waals surface area contributed by atoms with E-state index in [9.17, 15) is 14.0 Å². The van der Waals surface area contributed by atoms with Crippen molar-refractivity contribution in [3.63, 3.8) is 0 Å². The van der Waals surface area contributed by atoms with E-state index in [2.05, 4.69) is 0 Å². The van der Waals surface area contributed by atoms with Crippen molar-refractivity contribution in [1.82, 2.24) is 0 Å². The van der Waals surface area contributed by atoms with Crippen molar-refractivity contribution >= 4 is 16.9 Å². The topological polar surface area (TPSA) is 75.0 Å². The SMILES string of the molecule is COc1cc2oc(-c3ccccc3)c(-c3ccc(F)cc3)c(=O)c2c(OC)c1OC(C)=O. The first-order valence-corrected chi connectivity index (χ1v) is 9.70. The number of rotatable bonds is 5. The third-order valence-corrected chi connectivity index (χ3v) is 4.90. The number of hydrogen-bond donors (Lipinski definition) is 0. The van der Waals surface area contributed by atoms with Crippen molar-refractivity contribution in [2.75, 3.05) is 14.2 Å². The molecule has 0 radical (unpaired) electrons. The molecule has 0 aliphatic rings. The maximum Gasteiger partial charge on any atom is 0.308 e. The summed E-state index contributed by atoms with van der Waals surface area (Å²) in [6, 6.07) is 16.1. The largest absolute Gasteiger partial charge is 0.493 e. The van der Waals surface area contributed by atoms with Crippen LogP contribution >= 0.6 is 0 Å². The van der Waals surface area contributed by atoms with Gasteiger partial charge >= 0.3 is 5.97 Å². The summed E-state index contributed by atoms with van der Waals surface area (Å²) in [4.78, 5) is 25.5. The summed E-state index contributed by atoms with van der Waals surface area (Å²) in [6.45, 7) is 1.23. The van der Waals surface area contributed by atoms with Gasteiger partial charge in [0.15, 0.2) is 11.5 Å². The fraction of sp³-hybridized carbons (Fsp3) is 0.120. The molecule has 3 aromatic carbocycles. The van der Waals surface area contributed by atoms with Gasteiger partial charge in [0.2, 0.25) is 11.2 Å². The fourth-order valence-electron chi connectivity index (χ4n) is 3.54. The van der Waals surface area contributed by atoms with E-state index >= 15 is 0 Å². The fourth-order valence-corrected chi connectivity index (χ4v) is 3.54. The molecular formula is C25H19FO6. The van der Waals surface area contributed by atoms with Crippen LogP contribution in [0.25, 0.3) is 33.4 Å². The first-order valence-electron chi connectivity index (χ1n) is 9.70. The molecule has 0 unspecified atom stereocenters. The van der Waals surface area contributed by atoms with Gasteiger partial charge in [-0.2, -0.15) is 0 Å². The Morgan fingerprint density at radius 1 is 0.906 bits per heavy atom. The van der Waals surface area contributed by atoms with Crippen LogP contribution in [0.4, 0.5) is 4.39 Å². The van der Waals surface area contributed by atoms with E-state index in [1.165, 1.54) is 51.5 Å². The molecule has 7 heteroatoms. The van der Waals surface area contributed by atoms with Crippen LogP contribution in [-0.4, -0.2) is 20.2 Å². The number of hydrogen-bond acceptors (Lipinski definition) is 6. The van der Waals surface area contributed by atoms with Gasteiger partial charge in [0.05, 0.1) is 19.8 Å². The molecule has 6 nitrogen and oxygen atoms in total. The van der Waals surface area contributed by atoms with Gasteiger partial charge in [-0.15, -0.1) is 0 Å². The molecule has 0 N–H and O–H groups in total. The van der Waals surface area contributed by atoms with Crippen LogP contribution < -0.4 is 19.6 Å². The second-order valence-electron chi connectivity index (χ2n) is 6.92. The number of carbonyl (C=O) groups excluding carboxylic acids is 1. The lowest BCUT2D eigenvalue weighted by molar-refractivity contribution is -0.132. The van der Waals surface area contributed by atoms with Gasteiger partial charge in [0, 0.05) is 18.6 Å². The molecule has 4 rings (SSSR count). The standard InChI is InChI=1S/C25H19FO6/c1-14(27)31-24-19(29-2)13-18-21(25(24)30-3)22(28)20(15-9-11-17(26)12-10-15)23(32-18)16-7-5-4-6-8-16/h4-13H,1-3H3. The van der Waals surface area contributed by atoms with E-state index in [0.29, 0.717) is 16.9 Å². The molecule has 0 atom stereocenters. The zero-order chi connectivity index (χ0) is 22.8. The van der Waals surface area contributed by atoms with Crippen LogP contribution in [0, 0.1) is 5.82 Å². The normalized spacial score (nSPS) is 10.8. The van der Waals surface area contributed by atoms with Gasteiger partial charge in [-0.1, -0.05) is 42.5 Å². The molecule has 0 spiro atoms. The van der Waals surface area contributed by atoms with Gasteiger partial charge in [-0.05, 0) is 17.7 Å². The van der Waals surface area contributed by atoms with Crippen LogP contribution in [0.3, 0.4) is 0 Å². The lowest BCUT2D eigenvalue weighted by Crippen LogP contribution is -2.11. The Labute approximate surface area is 182 Å². The first-order chi connectivity index (χ1) is 15.4. The van der Waals surface area contributed by atoms with Crippen molar-refractivity contribution in [3.8, 4) is 39.7 Å². The van der Waals surface area contributed by atoms with Gasteiger partial charge in [0.1, 0.15) is 22.5 Å². The summed E-state index contributed by atoms with van der Waals surface area (Å²) < 4.78 is 35.9. The summed E-state index contributed by atoms with van der Waals surface area (Å²) in [6.07, 6.45) is 0. The Kier molecular flexibility index (Phi) is 5.64. The summed E-state index contributed by atoms with van der Waals surface area (Å²) in [5.41, 5.74) is 1.11. The Morgan fingerprint density at radius 2 is 1.59 bits per heavy atom. The minimum Gasteiger partial charge on any atom is -0.493 e. The third kappa shape index (κ3) is 3.69. The van der Waals surface area contributed by atoms with Gasteiger partial charge in [-0.25, -0.2) is 4.39 Å². The Morgan fingerprint density at radius 3 is 2.19 bits per heavy atom. The molecule has 0 saturated heterocycles. The number of carbonyl (C=O) groups is 1. The molecule has 162 valence electrons. The van der Waals surface area contributed by atoms with E-state index in [4.69, 9.17) is 18.6 Å². The number of methoxy groups -OCH3 is 2. The van der Waals surface area contributed by atoms with Gasteiger partial charge in [-0.3, -0.25) is 9.59 Å². The van der Waals surface area contributed by atoms with E-state index < -0.39 is 17.2 Å². The Bertz CT molecular complexity index is 1360. The smallest absolute Gasteiger partial charge is 0.308 e. The molecule has 1 aromatic heterocycles. The van der Waals surface area contributed by atoms with Crippen LogP contribution in [-0.2, 0) is 4.79 Å². The zero-order valence-electron chi connectivity index (χ0n) is 17.6. The van der Waals surface area contributed by atoms with E-state index in [1.54, 1.807) is 12.1 Å². The van der Waals surface area contributed by atoms with E-state index in [1.807, 2.05) is 18.2 Å². The number of esters is 1. The molecule has 32 heavy (non-hydrogen) atoms. The average molecular weight is 434 g/mol. The predicted molar refractivity (Wildman–Crippen MR) is 118 cm³/mol. The van der Waals surface area contributed by atoms with E-state index in [0.717, 1.165) is 0 Å². The predicted octanol–water partition coefficient (Wildman–Crippen LogP) is 5.21. The molecule has 1 heterocycles. The second-order valence-corrected chi connectivity index (χ2v) is 6.92. The van der Waals surface area contributed by atoms with Crippen molar-refractivity contribution in [1.29, 1.82) is 0 Å². The molecule has 4 aromatic rings. The zero-order valence-corrected chi connectivity index (χ0v) is 17.6. The quantitative estimate of drug-likeness (QED) is 0.317. The highest BCUT2D eigenvalue weighted by Crippen LogP contribution is 2.44. The average Bonchev–Trinajstić information content (AvgIpc) is 2.79. The lowest BCUT2D eigenvalue weighted by atomic mass is 9.98. The van der Waals surface area contributed by atoms with Crippen molar-refractivity contribution in [3.05, 3.63) is 76.7 Å². The summed E-state index contributed by atoms with van der Waals surface area (Å²) in [5.74, 6) is -0.587. The van der Waals surface area contributed by atoms with Crippen LogP contribution in [0.5, 0.6) is 17.2 Å². The Hall–Kier alpha value is -4.13. The Balaban J connectivity index is 2.16. The molecule has 0 fully saturated rings. The molecule has 0 saturated carbocycles. The van der Waals surface area contributed by atoms with Crippen LogP contribution in [0.1, 0.15) is 6.92 Å². The molecular weight excluding hydrogens is 415 g/mol. The van der Waals surface area contributed by atoms with Gasteiger partial charge < -0.3 is 18.6 Å². The maximum atomic E-state index is 13.8. The molecule has 0 bridgehead atoms. The van der Waals surface area contributed by atoms with Gasteiger partial charge in [0.25, 0.3) is 0 Å². The van der Waals surface area contributed by atoms with Crippen molar-refractivity contribution < 1.29 is 27.8 Å². The van der Waals surface area contributed by atoms with Crippen molar-refractivity contribution in [2.24, 2.45) is 0 Å². The van der Waals surface area contributed by atoms with E-state index in [-0.39, 0.29) is 33.8 Å². The highest BCUT2D eigenvalue weighted by molar-refractivity contribution is 5.96. The highest BCUT2D eigenvalue weighted by Gasteiger charge is 2.26. The highest BCUT2D eigenvalue weighted by atomic mass is 19.1. The van der Waals surface area contributed by atoms with Crippen LogP contribution in [0.2, 0.25) is 0 Å². The second kappa shape index (κ2) is 8.55. The summed E-state index contributed by atoms with van der Waals surface area (Å²) >= 11 is 0. The summed E-state index contributed by atoms with van der Waals surface area (Å²) in [7, 11) is 2.75. The minimum atomic E-state index is -0.606.